The molecule has 3 heterocycles. The number of hydrogen-bond donors (Lipinski definition) is 3. The Hall–Kier alpha value is -2.87. The maximum atomic E-state index is 5.92. The molecule has 1 aromatic carbocycles. The van der Waals surface area contributed by atoms with Crippen molar-refractivity contribution in [1.82, 2.24) is 25.1 Å². The molecule has 0 radical (unpaired) electrons. The third kappa shape index (κ3) is 4.62. The molecule has 8 heteroatoms. The van der Waals surface area contributed by atoms with E-state index >= 15 is 0 Å². The van der Waals surface area contributed by atoms with E-state index in [4.69, 9.17) is 15.6 Å². The number of hydrogen-bond acceptors (Lipinski definition) is 7. The lowest BCUT2D eigenvalue weighted by atomic mass is 9.57. The Kier molecular flexibility index (Phi) is 6.10. The number of methoxy groups -OCH3 is 1. The van der Waals surface area contributed by atoms with Crippen molar-refractivity contribution in [3.8, 4) is 5.75 Å². The zero-order valence-corrected chi connectivity index (χ0v) is 19.7. The van der Waals surface area contributed by atoms with Crippen molar-refractivity contribution in [3.63, 3.8) is 0 Å². The number of benzene rings is 1. The van der Waals surface area contributed by atoms with Crippen molar-refractivity contribution >= 4 is 22.8 Å². The summed E-state index contributed by atoms with van der Waals surface area (Å²) < 4.78 is 7.63. The Morgan fingerprint density at radius 2 is 2.12 bits per heavy atom. The number of ether oxygens (including phenoxy) is 1. The molecule has 2 aromatic heterocycles. The second-order valence-corrected chi connectivity index (χ2v) is 9.83. The molecule has 176 valence electrons. The fourth-order valence-corrected chi connectivity index (χ4v) is 5.32. The van der Waals surface area contributed by atoms with Crippen LogP contribution in [0.1, 0.15) is 50.2 Å². The minimum absolute atomic E-state index is 0.258. The highest BCUT2D eigenvalue weighted by Gasteiger charge is 2.47. The predicted octanol–water partition coefficient (Wildman–Crippen LogP) is 3.61. The molecule has 1 aliphatic carbocycles. The Balaban J connectivity index is 1.26. The summed E-state index contributed by atoms with van der Waals surface area (Å²) in [6.45, 7) is 6.05. The average Bonchev–Trinajstić information content (AvgIpc) is 3.14. The van der Waals surface area contributed by atoms with E-state index in [1.165, 1.54) is 37.9 Å². The number of nitrogen functional groups attached to an aromatic ring is 1. The molecule has 5 rings (SSSR count). The summed E-state index contributed by atoms with van der Waals surface area (Å²) >= 11 is 0. The van der Waals surface area contributed by atoms with E-state index in [1.807, 2.05) is 10.9 Å². The van der Waals surface area contributed by atoms with E-state index in [1.54, 1.807) is 7.11 Å². The van der Waals surface area contributed by atoms with Gasteiger partial charge in [-0.15, -0.1) is 0 Å². The maximum Gasteiger partial charge on any atom is 0.222 e. The Labute approximate surface area is 195 Å². The van der Waals surface area contributed by atoms with Gasteiger partial charge in [-0.05, 0) is 55.1 Å². The Morgan fingerprint density at radius 1 is 1.27 bits per heavy atom. The van der Waals surface area contributed by atoms with Gasteiger partial charge < -0.3 is 21.1 Å². The van der Waals surface area contributed by atoms with Crippen molar-refractivity contribution in [1.29, 1.82) is 0 Å². The van der Waals surface area contributed by atoms with Gasteiger partial charge in [0.15, 0.2) is 11.3 Å². The number of nitrogens with two attached hydrogens (primary N) is 1. The van der Waals surface area contributed by atoms with Crippen molar-refractivity contribution in [2.75, 3.05) is 37.8 Å². The highest BCUT2D eigenvalue weighted by molar-refractivity contribution is 5.85. The summed E-state index contributed by atoms with van der Waals surface area (Å²) in [5, 5.41) is 11.5. The van der Waals surface area contributed by atoms with Gasteiger partial charge in [0.05, 0.1) is 19.9 Å². The number of nitrogens with one attached hydrogen (secondary N) is 2. The zero-order valence-electron chi connectivity index (χ0n) is 19.7. The van der Waals surface area contributed by atoms with Gasteiger partial charge >= 0.3 is 0 Å². The second kappa shape index (κ2) is 9.17. The Morgan fingerprint density at radius 3 is 2.85 bits per heavy atom. The molecule has 2 aliphatic rings. The molecule has 0 atom stereocenters. The minimum atomic E-state index is 0.258. The number of unbranched alkanes of at least 4 members (excludes halogenated alkanes) is 1. The van der Waals surface area contributed by atoms with Crippen LogP contribution in [0.25, 0.3) is 11.0 Å². The van der Waals surface area contributed by atoms with Crippen LogP contribution < -0.4 is 21.1 Å². The molecule has 1 spiro atoms. The monoisotopic (exact) mass is 449 g/mol. The molecule has 1 saturated carbocycles. The van der Waals surface area contributed by atoms with Crippen molar-refractivity contribution in [2.24, 2.45) is 11.3 Å². The van der Waals surface area contributed by atoms with Crippen molar-refractivity contribution in [2.45, 2.75) is 52.0 Å². The fourth-order valence-electron chi connectivity index (χ4n) is 5.32. The van der Waals surface area contributed by atoms with E-state index in [0.717, 1.165) is 54.1 Å². The van der Waals surface area contributed by atoms with Crippen LogP contribution in [-0.2, 0) is 13.0 Å². The van der Waals surface area contributed by atoms with Gasteiger partial charge in [0, 0.05) is 25.2 Å². The predicted molar refractivity (Wildman–Crippen MR) is 132 cm³/mol. The topological polar surface area (TPSA) is 103 Å². The van der Waals surface area contributed by atoms with Crippen molar-refractivity contribution in [3.05, 3.63) is 35.5 Å². The number of fused-ring (bicyclic) bond motifs is 1. The standard InChI is InChI=1S/C25H35N7O/c1-3-4-9-28-23-22-20(29-24(26)30-23)14-32(31-22)13-19-8-7-17(10-21(19)33-2)5-6-18-11-25(12-18)15-27-16-25/h7-8,10,14,18,27H,3-6,9,11-13,15-16H2,1-2H3,(H3,26,28,29,30). The molecule has 8 nitrogen and oxygen atoms in total. The molecule has 0 amide bonds. The van der Waals surface area contributed by atoms with Crippen LogP contribution in [-0.4, -0.2) is 46.5 Å². The third-order valence-electron chi connectivity index (χ3n) is 7.22. The van der Waals surface area contributed by atoms with Crippen LogP contribution >= 0.6 is 0 Å². The molecular formula is C25H35N7O. The lowest BCUT2D eigenvalue weighted by Crippen LogP contribution is -2.60. The van der Waals surface area contributed by atoms with Crippen LogP contribution in [0.15, 0.2) is 24.4 Å². The molecule has 33 heavy (non-hydrogen) atoms. The number of aryl methyl sites for hydroxylation is 1. The first-order chi connectivity index (χ1) is 16.1. The lowest BCUT2D eigenvalue weighted by molar-refractivity contribution is -0.00302. The molecule has 0 unspecified atom stereocenters. The normalized spacial score (nSPS) is 17.2. The first kappa shape index (κ1) is 21.9. The van der Waals surface area contributed by atoms with E-state index in [-0.39, 0.29) is 5.95 Å². The molecule has 0 bridgehead atoms. The van der Waals surface area contributed by atoms with Gasteiger partial charge in [0.25, 0.3) is 0 Å². The second-order valence-electron chi connectivity index (χ2n) is 9.83. The highest BCUT2D eigenvalue weighted by atomic mass is 16.5. The van der Waals surface area contributed by atoms with E-state index in [2.05, 4.69) is 45.7 Å². The number of anilines is 2. The first-order valence-corrected chi connectivity index (χ1v) is 12.2. The van der Waals surface area contributed by atoms with Crippen molar-refractivity contribution < 1.29 is 4.74 Å². The number of aromatic nitrogens is 4. The Bertz CT molecular complexity index is 1110. The van der Waals surface area contributed by atoms with Crippen LogP contribution in [0.5, 0.6) is 5.75 Å². The average molecular weight is 450 g/mol. The van der Waals surface area contributed by atoms with Gasteiger partial charge in [-0.25, -0.2) is 4.98 Å². The van der Waals surface area contributed by atoms with Gasteiger partial charge in [0.2, 0.25) is 5.95 Å². The molecule has 1 saturated heterocycles. The van der Waals surface area contributed by atoms with Crippen LogP contribution in [0.4, 0.5) is 11.8 Å². The summed E-state index contributed by atoms with van der Waals surface area (Å²) in [6, 6.07) is 6.59. The lowest BCUT2D eigenvalue weighted by Gasteiger charge is -2.54. The number of rotatable bonds is 10. The summed E-state index contributed by atoms with van der Waals surface area (Å²) in [7, 11) is 1.74. The molecule has 4 N–H and O–H groups in total. The molecular weight excluding hydrogens is 414 g/mol. The maximum absolute atomic E-state index is 5.92. The van der Waals surface area contributed by atoms with Crippen LogP contribution in [0, 0.1) is 11.3 Å². The van der Waals surface area contributed by atoms with Crippen LogP contribution in [0.2, 0.25) is 0 Å². The van der Waals surface area contributed by atoms with E-state index in [0.29, 0.717) is 17.8 Å². The van der Waals surface area contributed by atoms with Crippen LogP contribution in [0.3, 0.4) is 0 Å². The molecule has 2 fully saturated rings. The highest BCUT2D eigenvalue weighted by Crippen LogP contribution is 2.50. The molecule has 1 aliphatic heterocycles. The quantitative estimate of drug-likeness (QED) is 0.406. The summed E-state index contributed by atoms with van der Waals surface area (Å²) in [5.74, 6) is 2.74. The SMILES string of the molecule is CCCCNc1nc(N)nc2cn(Cc3ccc(CCC4CC5(CNC5)C4)cc3OC)nc12. The summed E-state index contributed by atoms with van der Waals surface area (Å²) in [4.78, 5) is 8.72. The van der Waals surface area contributed by atoms with Gasteiger partial charge in [-0.2, -0.15) is 10.1 Å². The van der Waals surface area contributed by atoms with Gasteiger partial charge in [-0.1, -0.05) is 25.5 Å². The fraction of sp³-hybridized carbons (Fsp3) is 0.560. The smallest absolute Gasteiger partial charge is 0.222 e. The molecule has 3 aromatic rings. The van der Waals surface area contributed by atoms with E-state index < -0.39 is 0 Å². The third-order valence-corrected chi connectivity index (χ3v) is 7.22. The number of nitrogens with zero attached hydrogens (tertiary/aromatic N) is 4. The van der Waals surface area contributed by atoms with Gasteiger partial charge in [-0.3, -0.25) is 4.68 Å². The summed E-state index contributed by atoms with van der Waals surface area (Å²) in [6.07, 6.45) is 9.26. The first-order valence-electron chi connectivity index (χ1n) is 12.2. The largest absolute Gasteiger partial charge is 0.496 e. The van der Waals surface area contributed by atoms with Gasteiger partial charge in [0.1, 0.15) is 11.3 Å². The summed E-state index contributed by atoms with van der Waals surface area (Å²) in [5.41, 5.74) is 10.5. The minimum Gasteiger partial charge on any atom is -0.496 e. The van der Waals surface area contributed by atoms with E-state index in [9.17, 15) is 0 Å². The zero-order chi connectivity index (χ0) is 22.8.